The van der Waals surface area contributed by atoms with Crippen LogP contribution < -0.4 is 0 Å². The predicted molar refractivity (Wildman–Crippen MR) is 45.6 cm³/mol. The van der Waals surface area contributed by atoms with Gasteiger partial charge in [0, 0.05) is 12.4 Å². The minimum Gasteiger partial charge on any atom is -0.327 e. The van der Waals surface area contributed by atoms with Crippen molar-refractivity contribution in [1.82, 2.24) is 24.5 Å². The van der Waals surface area contributed by atoms with E-state index in [-0.39, 0.29) is 6.04 Å². The molecule has 0 aliphatic heterocycles. The van der Waals surface area contributed by atoms with Crippen molar-refractivity contribution < 1.29 is 0 Å². The Morgan fingerprint density at radius 3 is 2.62 bits per heavy atom. The highest BCUT2D eigenvalue weighted by atomic mass is 15.1. The molecule has 0 amide bonds. The summed E-state index contributed by atoms with van der Waals surface area (Å²) in [5, 5.41) is 0. The van der Waals surface area contributed by atoms with Crippen LogP contribution in [0.4, 0.5) is 0 Å². The van der Waals surface area contributed by atoms with Gasteiger partial charge in [0.2, 0.25) is 0 Å². The average molecular weight is 174 g/mol. The summed E-state index contributed by atoms with van der Waals surface area (Å²) in [6.07, 6.45) is 8.11. The largest absolute Gasteiger partial charge is 0.327 e. The summed E-state index contributed by atoms with van der Waals surface area (Å²) in [4.78, 5) is 15.7. The van der Waals surface area contributed by atoms with Crippen molar-refractivity contribution in [3.63, 3.8) is 0 Å². The molecule has 1 atom stereocenters. The van der Waals surface area contributed by atoms with E-state index in [4.69, 9.17) is 0 Å². The van der Waals surface area contributed by atoms with Crippen molar-refractivity contribution in [1.29, 1.82) is 0 Å². The van der Waals surface area contributed by atoms with E-state index in [9.17, 15) is 0 Å². The molecule has 13 heavy (non-hydrogen) atoms. The van der Waals surface area contributed by atoms with E-state index in [1.807, 2.05) is 10.8 Å². The number of imidazole rings is 1. The lowest BCUT2D eigenvalue weighted by molar-refractivity contribution is 0.644. The van der Waals surface area contributed by atoms with Crippen molar-refractivity contribution in [3.05, 3.63) is 44.1 Å². The molecule has 1 unspecified atom stereocenters. The van der Waals surface area contributed by atoms with E-state index in [0.29, 0.717) is 5.82 Å². The molecule has 5 nitrogen and oxygen atoms in total. The summed E-state index contributed by atoms with van der Waals surface area (Å²) in [6, 6.07) is -0.148. The van der Waals surface area contributed by atoms with Gasteiger partial charge in [0.15, 0.2) is 5.82 Å². The van der Waals surface area contributed by atoms with E-state index >= 15 is 0 Å². The van der Waals surface area contributed by atoms with Crippen LogP contribution in [-0.2, 0) is 0 Å². The standard InChI is InChI=1S/C8H8N5/c1-7(13-3-2-9-6-13)8-11-4-10-5-12-8/h2-7H,1H2. The molecule has 2 heterocycles. The molecular formula is C8H8N5. The van der Waals surface area contributed by atoms with Gasteiger partial charge in [-0.3, -0.25) is 0 Å². The Morgan fingerprint density at radius 1 is 1.23 bits per heavy atom. The van der Waals surface area contributed by atoms with Gasteiger partial charge in [-0.15, -0.1) is 0 Å². The van der Waals surface area contributed by atoms with Gasteiger partial charge in [-0.05, 0) is 6.92 Å². The van der Waals surface area contributed by atoms with Gasteiger partial charge < -0.3 is 4.57 Å². The summed E-state index contributed by atoms with van der Waals surface area (Å²) >= 11 is 0. The van der Waals surface area contributed by atoms with Gasteiger partial charge in [0.25, 0.3) is 0 Å². The highest BCUT2D eigenvalue weighted by Gasteiger charge is 2.08. The van der Waals surface area contributed by atoms with Crippen LogP contribution in [0.25, 0.3) is 0 Å². The quantitative estimate of drug-likeness (QED) is 0.665. The van der Waals surface area contributed by atoms with E-state index in [2.05, 4.69) is 26.9 Å². The predicted octanol–water partition coefficient (Wildman–Crippen LogP) is 0.492. The van der Waals surface area contributed by atoms with Crippen LogP contribution in [0.2, 0.25) is 0 Å². The van der Waals surface area contributed by atoms with Crippen LogP contribution in [0.5, 0.6) is 0 Å². The van der Waals surface area contributed by atoms with Crippen molar-refractivity contribution in [3.8, 4) is 0 Å². The number of nitrogens with zero attached hydrogens (tertiary/aromatic N) is 5. The molecule has 0 bridgehead atoms. The van der Waals surface area contributed by atoms with Crippen LogP contribution in [0.3, 0.4) is 0 Å². The average Bonchev–Trinajstić information content (AvgIpc) is 2.71. The van der Waals surface area contributed by atoms with Crippen molar-refractivity contribution >= 4 is 0 Å². The van der Waals surface area contributed by atoms with Gasteiger partial charge in [0.05, 0.1) is 12.4 Å². The minimum atomic E-state index is -0.148. The van der Waals surface area contributed by atoms with Crippen LogP contribution >= 0.6 is 0 Å². The van der Waals surface area contributed by atoms with Gasteiger partial charge in [-0.2, -0.15) is 0 Å². The molecule has 0 aromatic carbocycles. The van der Waals surface area contributed by atoms with E-state index in [0.717, 1.165) is 0 Å². The molecule has 5 heteroatoms. The van der Waals surface area contributed by atoms with E-state index < -0.39 is 0 Å². The molecule has 2 aromatic heterocycles. The van der Waals surface area contributed by atoms with Crippen LogP contribution in [0, 0.1) is 6.92 Å². The number of aromatic nitrogens is 5. The third-order valence-corrected chi connectivity index (χ3v) is 1.70. The normalized spacial score (nSPS) is 12.7. The highest BCUT2D eigenvalue weighted by Crippen LogP contribution is 2.09. The summed E-state index contributed by atoms with van der Waals surface area (Å²) in [7, 11) is 0. The molecule has 1 radical (unpaired) electrons. The van der Waals surface area contributed by atoms with Gasteiger partial charge in [-0.1, -0.05) is 0 Å². The third-order valence-electron chi connectivity index (χ3n) is 1.70. The number of hydrogen-bond acceptors (Lipinski definition) is 4. The fourth-order valence-electron chi connectivity index (χ4n) is 1.01. The summed E-state index contributed by atoms with van der Waals surface area (Å²) < 4.78 is 1.83. The van der Waals surface area contributed by atoms with Gasteiger partial charge in [0.1, 0.15) is 12.7 Å². The molecule has 0 spiro atoms. The smallest absolute Gasteiger partial charge is 0.154 e. The SMILES string of the molecule is [CH2]C(c1ncncn1)n1ccnc1. The maximum atomic E-state index is 4.00. The van der Waals surface area contributed by atoms with Crippen molar-refractivity contribution in [2.24, 2.45) is 0 Å². The number of rotatable bonds is 2. The Kier molecular flexibility index (Phi) is 1.99. The molecule has 2 rings (SSSR count). The fourth-order valence-corrected chi connectivity index (χ4v) is 1.01. The van der Waals surface area contributed by atoms with E-state index in [1.165, 1.54) is 12.7 Å². The maximum Gasteiger partial charge on any atom is 0.154 e. The van der Waals surface area contributed by atoms with Crippen molar-refractivity contribution in [2.45, 2.75) is 6.04 Å². The van der Waals surface area contributed by atoms with Gasteiger partial charge >= 0.3 is 0 Å². The third kappa shape index (κ3) is 1.53. The molecule has 0 aliphatic rings. The second-order valence-corrected chi connectivity index (χ2v) is 2.52. The molecule has 0 fully saturated rings. The molecule has 0 N–H and O–H groups in total. The Balaban J connectivity index is 2.29. The molecular weight excluding hydrogens is 166 g/mol. The maximum absolute atomic E-state index is 4.00. The molecule has 65 valence electrons. The first-order valence-corrected chi connectivity index (χ1v) is 3.80. The lowest BCUT2D eigenvalue weighted by Gasteiger charge is -2.09. The zero-order valence-corrected chi connectivity index (χ0v) is 6.91. The van der Waals surface area contributed by atoms with Crippen LogP contribution in [0.1, 0.15) is 11.9 Å². The summed E-state index contributed by atoms with van der Waals surface area (Å²) in [5.41, 5.74) is 0. The topological polar surface area (TPSA) is 56.5 Å². The Labute approximate surface area is 75.5 Å². The first kappa shape index (κ1) is 7.85. The Morgan fingerprint density at radius 2 is 2.00 bits per heavy atom. The van der Waals surface area contributed by atoms with Crippen LogP contribution in [-0.4, -0.2) is 24.5 Å². The van der Waals surface area contributed by atoms with Gasteiger partial charge in [-0.25, -0.2) is 19.9 Å². The molecule has 0 saturated carbocycles. The summed E-state index contributed by atoms with van der Waals surface area (Å²) in [5.74, 6) is 0.632. The lowest BCUT2D eigenvalue weighted by Crippen LogP contribution is -2.08. The summed E-state index contributed by atoms with van der Waals surface area (Å²) in [6.45, 7) is 3.92. The number of hydrogen-bond donors (Lipinski definition) is 0. The zero-order valence-electron chi connectivity index (χ0n) is 6.91. The zero-order chi connectivity index (χ0) is 9.10. The first-order valence-electron chi connectivity index (χ1n) is 3.80. The Hall–Kier alpha value is -1.78. The van der Waals surface area contributed by atoms with Crippen LogP contribution in [0.15, 0.2) is 31.4 Å². The first-order chi connectivity index (χ1) is 6.38. The minimum absolute atomic E-state index is 0.148. The lowest BCUT2D eigenvalue weighted by atomic mass is 10.3. The highest BCUT2D eigenvalue weighted by molar-refractivity contribution is 4.98. The van der Waals surface area contributed by atoms with Crippen molar-refractivity contribution in [2.75, 3.05) is 0 Å². The monoisotopic (exact) mass is 174 g/mol. The second-order valence-electron chi connectivity index (χ2n) is 2.52. The molecule has 2 aromatic rings. The Bertz CT molecular complexity index is 355. The molecule has 0 saturated heterocycles. The fraction of sp³-hybridized carbons (Fsp3) is 0.125. The van der Waals surface area contributed by atoms with E-state index in [1.54, 1.807) is 12.5 Å². The molecule has 0 aliphatic carbocycles. The second kappa shape index (κ2) is 3.30.